The fourth-order valence-electron chi connectivity index (χ4n) is 0.640. The molecule has 0 N–H and O–H groups in total. The third kappa shape index (κ3) is 3.19. The molecule has 12 heavy (non-hydrogen) atoms. The standard InChI is InChI=1S/C8H9NOS2/c1-2-10-8(11)12-7-5-3-4-6-9-7/h3-6H,2H2,1H3. The summed E-state index contributed by atoms with van der Waals surface area (Å²) in [6.07, 6.45) is 1.73. The predicted octanol–water partition coefficient (Wildman–Crippen LogP) is 2.50. The highest BCUT2D eigenvalue weighted by molar-refractivity contribution is 8.22. The molecule has 0 aliphatic heterocycles. The lowest BCUT2D eigenvalue weighted by molar-refractivity contribution is 0.346. The molecular weight excluding hydrogens is 190 g/mol. The smallest absolute Gasteiger partial charge is 0.226 e. The van der Waals surface area contributed by atoms with Gasteiger partial charge in [0.15, 0.2) is 0 Å². The SMILES string of the molecule is CCOC(=S)Sc1ccccn1. The highest BCUT2D eigenvalue weighted by Crippen LogP contribution is 2.16. The molecule has 64 valence electrons. The van der Waals surface area contributed by atoms with Crippen LogP contribution >= 0.6 is 24.0 Å². The molecule has 0 saturated heterocycles. The first-order valence-corrected chi connectivity index (χ1v) is 4.81. The summed E-state index contributed by atoms with van der Waals surface area (Å²) in [6, 6.07) is 5.69. The van der Waals surface area contributed by atoms with E-state index in [0.717, 1.165) is 5.03 Å². The number of thiocarbonyl (C=S) groups is 1. The molecular formula is C8H9NOS2. The minimum Gasteiger partial charge on any atom is -0.479 e. The van der Waals surface area contributed by atoms with Crippen molar-refractivity contribution in [3.8, 4) is 0 Å². The minimum absolute atomic E-state index is 0.524. The van der Waals surface area contributed by atoms with Crippen molar-refractivity contribution in [2.75, 3.05) is 6.61 Å². The second-order valence-corrected chi connectivity index (χ2v) is 3.58. The van der Waals surface area contributed by atoms with Crippen LogP contribution in [-0.2, 0) is 4.74 Å². The summed E-state index contributed by atoms with van der Waals surface area (Å²) in [5, 5.41) is 0.871. The van der Waals surface area contributed by atoms with Crippen molar-refractivity contribution in [3.63, 3.8) is 0 Å². The third-order valence-electron chi connectivity index (χ3n) is 1.09. The summed E-state index contributed by atoms with van der Waals surface area (Å²) in [4.78, 5) is 4.10. The zero-order valence-corrected chi connectivity index (χ0v) is 8.32. The Morgan fingerprint density at radius 1 is 1.67 bits per heavy atom. The quantitative estimate of drug-likeness (QED) is 0.539. The Morgan fingerprint density at radius 2 is 2.50 bits per heavy atom. The molecule has 1 aromatic rings. The average molecular weight is 199 g/mol. The Kier molecular flexibility index (Phi) is 4.04. The highest BCUT2D eigenvalue weighted by Gasteiger charge is 1.99. The molecule has 0 amide bonds. The first kappa shape index (κ1) is 9.48. The van der Waals surface area contributed by atoms with Gasteiger partial charge >= 0.3 is 0 Å². The van der Waals surface area contributed by atoms with Gasteiger partial charge in [-0.15, -0.1) is 0 Å². The van der Waals surface area contributed by atoms with E-state index in [9.17, 15) is 0 Å². The summed E-state index contributed by atoms with van der Waals surface area (Å²) < 4.78 is 5.62. The van der Waals surface area contributed by atoms with Crippen molar-refractivity contribution in [1.82, 2.24) is 4.98 Å². The maximum Gasteiger partial charge on any atom is 0.226 e. The highest BCUT2D eigenvalue weighted by atomic mass is 32.2. The molecule has 1 rings (SSSR count). The van der Waals surface area contributed by atoms with E-state index >= 15 is 0 Å². The molecule has 1 heterocycles. The van der Waals surface area contributed by atoms with Gasteiger partial charge in [0.1, 0.15) is 5.03 Å². The number of ether oxygens (including phenoxy) is 1. The van der Waals surface area contributed by atoms with E-state index in [1.165, 1.54) is 11.8 Å². The van der Waals surface area contributed by atoms with Gasteiger partial charge in [0.2, 0.25) is 4.38 Å². The molecule has 0 unspecified atom stereocenters. The zero-order chi connectivity index (χ0) is 8.81. The van der Waals surface area contributed by atoms with Gasteiger partial charge in [0.05, 0.1) is 6.61 Å². The number of pyridine rings is 1. The maximum atomic E-state index is 5.10. The molecule has 0 fully saturated rings. The molecule has 0 aliphatic carbocycles. The van der Waals surface area contributed by atoms with E-state index in [2.05, 4.69) is 4.98 Å². The van der Waals surface area contributed by atoms with E-state index in [0.29, 0.717) is 11.0 Å². The van der Waals surface area contributed by atoms with Gasteiger partial charge in [-0.25, -0.2) is 4.98 Å². The summed E-state index contributed by atoms with van der Waals surface area (Å²) >= 11 is 6.30. The van der Waals surface area contributed by atoms with Crippen LogP contribution in [0.4, 0.5) is 0 Å². The molecule has 0 aliphatic rings. The minimum atomic E-state index is 0.524. The fraction of sp³-hybridized carbons (Fsp3) is 0.250. The van der Waals surface area contributed by atoms with E-state index in [1.54, 1.807) is 6.20 Å². The van der Waals surface area contributed by atoms with Crippen LogP contribution in [0, 0.1) is 0 Å². The predicted molar refractivity (Wildman–Crippen MR) is 54.3 cm³/mol. The Balaban J connectivity index is 2.47. The number of rotatable bonds is 2. The molecule has 0 atom stereocenters. The molecule has 0 radical (unpaired) electrons. The van der Waals surface area contributed by atoms with Crippen LogP contribution in [0.15, 0.2) is 29.4 Å². The van der Waals surface area contributed by atoms with E-state index in [4.69, 9.17) is 17.0 Å². The number of aromatic nitrogens is 1. The van der Waals surface area contributed by atoms with Crippen LogP contribution in [0.25, 0.3) is 0 Å². The second-order valence-electron chi connectivity index (χ2n) is 1.95. The Morgan fingerprint density at radius 3 is 3.08 bits per heavy atom. The van der Waals surface area contributed by atoms with E-state index in [1.807, 2.05) is 25.1 Å². The fourth-order valence-corrected chi connectivity index (χ4v) is 1.62. The molecule has 4 heteroatoms. The van der Waals surface area contributed by atoms with E-state index < -0.39 is 0 Å². The lowest BCUT2D eigenvalue weighted by atomic mass is 10.5. The van der Waals surface area contributed by atoms with Crippen molar-refractivity contribution < 1.29 is 4.74 Å². The van der Waals surface area contributed by atoms with Gasteiger partial charge in [-0.1, -0.05) is 6.07 Å². The van der Waals surface area contributed by atoms with Crippen molar-refractivity contribution in [2.24, 2.45) is 0 Å². The number of hydrogen-bond acceptors (Lipinski definition) is 4. The zero-order valence-electron chi connectivity index (χ0n) is 6.69. The second kappa shape index (κ2) is 5.11. The van der Waals surface area contributed by atoms with Crippen molar-refractivity contribution in [3.05, 3.63) is 24.4 Å². The van der Waals surface area contributed by atoms with E-state index in [-0.39, 0.29) is 0 Å². The Bertz CT molecular complexity index is 250. The lowest BCUT2D eigenvalue weighted by Crippen LogP contribution is -1.95. The number of nitrogens with zero attached hydrogens (tertiary/aromatic N) is 1. The largest absolute Gasteiger partial charge is 0.479 e. The van der Waals surface area contributed by atoms with Gasteiger partial charge in [-0.3, -0.25) is 0 Å². The molecule has 0 saturated carbocycles. The van der Waals surface area contributed by atoms with Gasteiger partial charge in [0.25, 0.3) is 0 Å². The Labute approximate surface area is 81.3 Å². The van der Waals surface area contributed by atoms with Crippen LogP contribution in [-0.4, -0.2) is 16.0 Å². The monoisotopic (exact) mass is 199 g/mol. The summed E-state index contributed by atoms with van der Waals surface area (Å²) in [5.74, 6) is 0. The number of thioether (sulfide) groups is 1. The number of hydrogen-bond donors (Lipinski definition) is 0. The van der Waals surface area contributed by atoms with Crippen molar-refractivity contribution in [1.29, 1.82) is 0 Å². The van der Waals surface area contributed by atoms with Gasteiger partial charge < -0.3 is 4.74 Å². The first-order chi connectivity index (χ1) is 5.83. The first-order valence-electron chi connectivity index (χ1n) is 3.58. The van der Waals surface area contributed by atoms with Crippen LogP contribution in [0.2, 0.25) is 0 Å². The van der Waals surface area contributed by atoms with Crippen LogP contribution < -0.4 is 0 Å². The van der Waals surface area contributed by atoms with Gasteiger partial charge in [-0.05, 0) is 43.0 Å². The molecule has 1 aromatic heterocycles. The third-order valence-corrected chi connectivity index (χ3v) is 2.19. The normalized spacial score (nSPS) is 9.42. The van der Waals surface area contributed by atoms with Gasteiger partial charge in [-0.2, -0.15) is 0 Å². The topological polar surface area (TPSA) is 22.1 Å². The van der Waals surface area contributed by atoms with Crippen LogP contribution in [0.3, 0.4) is 0 Å². The summed E-state index contributed by atoms with van der Waals surface area (Å²) in [6.45, 7) is 2.52. The average Bonchev–Trinajstić information content (AvgIpc) is 2.06. The Hall–Kier alpha value is -0.610. The molecule has 2 nitrogen and oxygen atoms in total. The van der Waals surface area contributed by atoms with Gasteiger partial charge in [0, 0.05) is 6.20 Å². The molecule has 0 aromatic carbocycles. The molecule has 0 bridgehead atoms. The van der Waals surface area contributed by atoms with Crippen LogP contribution in [0.5, 0.6) is 0 Å². The summed E-state index contributed by atoms with van der Waals surface area (Å²) in [7, 11) is 0. The molecule has 0 spiro atoms. The van der Waals surface area contributed by atoms with Crippen molar-refractivity contribution >= 4 is 28.4 Å². The summed E-state index contributed by atoms with van der Waals surface area (Å²) in [5.41, 5.74) is 0. The maximum absolute atomic E-state index is 5.10. The lowest BCUT2D eigenvalue weighted by Gasteiger charge is -2.01. The van der Waals surface area contributed by atoms with Crippen molar-refractivity contribution in [2.45, 2.75) is 11.9 Å². The van der Waals surface area contributed by atoms with Crippen LogP contribution in [0.1, 0.15) is 6.92 Å².